The summed E-state index contributed by atoms with van der Waals surface area (Å²) in [6.07, 6.45) is 2.52. The molecule has 4 heteroatoms. The first-order valence-corrected chi connectivity index (χ1v) is 6.19. The standard InChI is InChI=1S/C12H14BrN3/c13-10-5-8(6-14)1-4-12(10)16-7-11(15)9-2-3-9/h1,4-5,9,11,16H,2-3,7,15H2. The van der Waals surface area contributed by atoms with Crippen LogP contribution in [0.15, 0.2) is 22.7 Å². The summed E-state index contributed by atoms with van der Waals surface area (Å²) in [6, 6.07) is 7.86. The highest BCUT2D eigenvalue weighted by Crippen LogP contribution is 2.32. The lowest BCUT2D eigenvalue weighted by atomic mass is 10.2. The smallest absolute Gasteiger partial charge is 0.0992 e. The van der Waals surface area contributed by atoms with Gasteiger partial charge in [0.15, 0.2) is 0 Å². The van der Waals surface area contributed by atoms with Crippen LogP contribution in [0.25, 0.3) is 0 Å². The van der Waals surface area contributed by atoms with Gasteiger partial charge in [-0.15, -0.1) is 0 Å². The maximum Gasteiger partial charge on any atom is 0.0992 e. The summed E-state index contributed by atoms with van der Waals surface area (Å²) < 4.78 is 0.912. The van der Waals surface area contributed by atoms with E-state index in [2.05, 4.69) is 27.3 Å². The van der Waals surface area contributed by atoms with Gasteiger partial charge in [-0.3, -0.25) is 0 Å². The fourth-order valence-electron chi connectivity index (χ4n) is 1.65. The zero-order chi connectivity index (χ0) is 11.5. The highest BCUT2D eigenvalue weighted by Gasteiger charge is 2.28. The fraction of sp³-hybridized carbons (Fsp3) is 0.417. The number of nitrogens with zero attached hydrogens (tertiary/aromatic N) is 1. The van der Waals surface area contributed by atoms with Crippen LogP contribution in [0.4, 0.5) is 5.69 Å². The molecule has 1 saturated carbocycles. The quantitative estimate of drug-likeness (QED) is 0.890. The molecule has 3 nitrogen and oxygen atoms in total. The van der Waals surface area contributed by atoms with Crippen molar-refractivity contribution < 1.29 is 0 Å². The number of halogens is 1. The lowest BCUT2D eigenvalue weighted by molar-refractivity contribution is 0.621. The molecule has 0 bridgehead atoms. The number of rotatable bonds is 4. The van der Waals surface area contributed by atoms with E-state index in [1.807, 2.05) is 12.1 Å². The number of nitriles is 1. The molecule has 0 aromatic heterocycles. The molecule has 0 spiro atoms. The summed E-state index contributed by atoms with van der Waals surface area (Å²) in [7, 11) is 0. The molecule has 1 unspecified atom stereocenters. The van der Waals surface area contributed by atoms with Crippen molar-refractivity contribution in [2.75, 3.05) is 11.9 Å². The average Bonchev–Trinajstić information content (AvgIpc) is 3.10. The van der Waals surface area contributed by atoms with Crippen molar-refractivity contribution in [2.24, 2.45) is 11.7 Å². The first-order chi connectivity index (χ1) is 7.70. The van der Waals surface area contributed by atoms with Gasteiger partial charge in [0.1, 0.15) is 0 Å². The summed E-state index contributed by atoms with van der Waals surface area (Å²) in [5.41, 5.74) is 7.65. The van der Waals surface area contributed by atoms with E-state index in [0.717, 1.165) is 16.7 Å². The molecular weight excluding hydrogens is 266 g/mol. The third kappa shape index (κ3) is 2.75. The van der Waals surface area contributed by atoms with Gasteiger partial charge in [-0.05, 0) is 52.9 Å². The summed E-state index contributed by atoms with van der Waals surface area (Å²) in [5.74, 6) is 0.699. The summed E-state index contributed by atoms with van der Waals surface area (Å²) in [6.45, 7) is 0.787. The average molecular weight is 280 g/mol. The second-order valence-electron chi connectivity index (χ2n) is 4.19. The van der Waals surface area contributed by atoms with Gasteiger partial charge in [-0.25, -0.2) is 0 Å². The van der Waals surface area contributed by atoms with Crippen LogP contribution in [0.2, 0.25) is 0 Å². The molecule has 0 heterocycles. The molecule has 0 amide bonds. The van der Waals surface area contributed by atoms with Crippen LogP contribution in [0.5, 0.6) is 0 Å². The van der Waals surface area contributed by atoms with Gasteiger partial charge in [0.2, 0.25) is 0 Å². The van der Waals surface area contributed by atoms with E-state index in [1.165, 1.54) is 12.8 Å². The van der Waals surface area contributed by atoms with Crippen LogP contribution < -0.4 is 11.1 Å². The third-order valence-corrected chi connectivity index (χ3v) is 3.51. The zero-order valence-electron chi connectivity index (χ0n) is 8.91. The lowest BCUT2D eigenvalue weighted by Gasteiger charge is -2.13. The van der Waals surface area contributed by atoms with Gasteiger partial charge >= 0.3 is 0 Å². The maximum atomic E-state index is 8.74. The molecular formula is C12H14BrN3. The Morgan fingerprint density at radius 1 is 1.56 bits per heavy atom. The largest absolute Gasteiger partial charge is 0.383 e. The van der Waals surface area contributed by atoms with E-state index in [4.69, 9.17) is 11.0 Å². The Bertz CT molecular complexity index is 421. The van der Waals surface area contributed by atoms with Gasteiger partial charge < -0.3 is 11.1 Å². The first-order valence-electron chi connectivity index (χ1n) is 5.40. The van der Waals surface area contributed by atoms with Crippen molar-refractivity contribution >= 4 is 21.6 Å². The molecule has 1 fully saturated rings. The molecule has 1 aliphatic rings. The zero-order valence-corrected chi connectivity index (χ0v) is 10.5. The molecule has 0 saturated heterocycles. The van der Waals surface area contributed by atoms with Gasteiger partial charge in [0, 0.05) is 22.7 Å². The molecule has 84 valence electrons. The highest BCUT2D eigenvalue weighted by molar-refractivity contribution is 9.10. The van der Waals surface area contributed by atoms with E-state index in [0.29, 0.717) is 11.5 Å². The molecule has 16 heavy (non-hydrogen) atoms. The molecule has 2 rings (SSSR count). The fourth-order valence-corrected chi connectivity index (χ4v) is 2.17. The Morgan fingerprint density at radius 3 is 2.88 bits per heavy atom. The predicted molar refractivity (Wildman–Crippen MR) is 68.0 cm³/mol. The summed E-state index contributed by atoms with van der Waals surface area (Å²) in [5, 5.41) is 12.0. The highest BCUT2D eigenvalue weighted by atomic mass is 79.9. The molecule has 1 aromatic rings. The summed E-state index contributed by atoms with van der Waals surface area (Å²) >= 11 is 3.44. The van der Waals surface area contributed by atoms with Crippen molar-refractivity contribution in [3.05, 3.63) is 28.2 Å². The minimum atomic E-state index is 0.238. The second-order valence-corrected chi connectivity index (χ2v) is 5.04. The van der Waals surface area contributed by atoms with Crippen molar-refractivity contribution in [1.29, 1.82) is 5.26 Å². The third-order valence-electron chi connectivity index (χ3n) is 2.85. The lowest BCUT2D eigenvalue weighted by Crippen LogP contribution is -2.31. The number of hydrogen-bond acceptors (Lipinski definition) is 3. The van der Waals surface area contributed by atoms with Crippen LogP contribution in [0.3, 0.4) is 0 Å². The van der Waals surface area contributed by atoms with Crippen molar-refractivity contribution in [3.8, 4) is 6.07 Å². The monoisotopic (exact) mass is 279 g/mol. The van der Waals surface area contributed by atoms with Crippen LogP contribution >= 0.6 is 15.9 Å². The first kappa shape index (κ1) is 11.4. The normalized spacial score (nSPS) is 16.6. The Morgan fingerprint density at radius 2 is 2.31 bits per heavy atom. The minimum absolute atomic E-state index is 0.238. The number of anilines is 1. The Kier molecular flexibility index (Phi) is 3.47. The van der Waals surface area contributed by atoms with Crippen molar-refractivity contribution in [3.63, 3.8) is 0 Å². The molecule has 1 atom stereocenters. The minimum Gasteiger partial charge on any atom is -0.383 e. The van der Waals surface area contributed by atoms with E-state index >= 15 is 0 Å². The SMILES string of the molecule is N#Cc1ccc(NCC(N)C2CC2)c(Br)c1. The predicted octanol–water partition coefficient (Wildman–Crippen LogP) is 2.47. The Labute approximate surface area is 104 Å². The second kappa shape index (κ2) is 4.86. The van der Waals surface area contributed by atoms with Crippen LogP contribution in [0.1, 0.15) is 18.4 Å². The van der Waals surface area contributed by atoms with E-state index in [9.17, 15) is 0 Å². The number of nitrogens with two attached hydrogens (primary N) is 1. The number of benzene rings is 1. The number of hydrogen-bond donors (Lipinski definition) is 2. The number of nitrogens with one attached hydrogen (secondary N) is 1. The van der Waals surface area contributed by atoms with E-state index in [-0.39, 0.29) is 6.04 Å². The van der Waals surface area contributed by atoms with E-state index in [1.54, 1.807) is 6.07 Å². The van der Waals surface area contributed by atoms with Crippen LogP contribution in [-0.4, -0.2) is 12.6 Å². The van der Waals surface area contributed by atoms with Crippen molar-refractivity contribution in [1.82, 2.24) is 0 Å². The topological polar surface area (TPSA) is 61.8 Å². The molecule has 0 radical (unpaired) electrons. The van der Waals surface area contributed by atoms with Crippen LogP contribution in [-0.2, 0) is 0 Å². The molecule has 0 aliphatic heterocycles. The molecule has 3 N–H and O–H groups in total. The van der Waals surface area contributed by atoms with Gasteiger partial charge in [-0.2, -0.15) is 5.26 Å². The van der Waals surface area contributed by atoms with Gasteiger partial charge in [-0.1, -0.05) is 0 Å². The van der Waals surface area contributed by atoms with E-state index < -0.39 is 0 Å². The van der Waals surface area contributed by atoms with Gasteiger partial charge in [0.25, 0.3) is 0 Å². The molecule has 1 aromatic carbocycles. The Balaban J connectivity index is 1.96. The molecule has 1 aliphatic carbocycles. The van der Waals surface area contributed by atoms with Crippen LogP contribution in [0, 0.1) is 17.2 Å². The van der Waals surface area contributed by atoms with Crippen molar-refractivity contribution in [2.45, 2.75) is 18.9 Å². The van der Waals surface area contributed by atoms with Gasteiger partial charge in [0.05, 0.1) is 11.6 Å². The Hall–Kier alpha value is -1.05. The maximum absolute atomic E-state index is 8.74. The summed E-state index contributed by atoms with van der Waals surface area (Å²) in [4.78, 5) is 0.